The van der Waals surface area contributed by atoms with Crippen LogP contribution in [0.1, 0.15) is 31.3 Å². The molecule has 0 N–H and O–H groups in total. The highest BCUT2D eigenvalue weighted by atomic mass is 32.1. The SMILES string of the molecule is Cc1sc[n+](CC(=O)C(C)(C)C)c1C. The molecule has 0 saturated heterocycles. The lowest BCUT2D eigenvalue weighted by Crippen LogP contribution is -2.42. The Balaban J connectivity index is 2.80. The summed E-state index contributed by atoms with van der Waals surface area (Å²) >= 11 is 1.69. The van der Waals surface area contributed by atoms with Gasteiger partial charge in [0.1, 0.15) is 0 Å². The third-order valence-electron chi connectivity index (χ3n) is 2.45. The molecule has 0 atom stereocenters. The van der Waals surface area contributed by atoms with E-state index in [1.165, 1.54) is 10.6 Å². The number of rotatable bonds is 2. The number of carbonyl (C=O) groups is 1. The molecule has 0 aliphatic rings. The molecule has 1 rings (SSSR count). The summed E-state index contributed by atoms with van der Waals surface area (Å²) in [7, 11) is 0. The highest BCUT2D eigenvalue weighted by molar-refractivity contribution is 7.09. The van der Waals surface area contributed by atoms with Gasteiger partial charge < -0.3 is 0 Å². The number of ketones is 1. The second-order valence-electron chi connectivity index (χ2n) is 4.67. The molecule has 1 heterocycles. The molecule has 0 aliphatic carbocycles. The Morgan fingerprint density at radius 1 is 1.43 bits per heavy atom. The van der Waals surface area contributed by atoms with E-state index in [0.717, 1.165) is 0 Å². The van der Waals surface area contributed by atoms with Crippen molar-refractivity contribution in [1.29, 1.82) is 0 Å². The van der Waals surface area contributed by atoms with E-state index in [1.807, 2.05) is 30.8 Å². The van der Waals surface area contributed by atoms with Crippen LogP contribution in [0.4, 0.5) is 0 Å². The summed E-state index contributed by atoms with van der Waals surface area (Å²) in [6.07, 6.45) is 0. The maximum absolute atomic E-state index is 11.8. The first-order valence-corrected chi connectivity index (χ1v) is 5.68. The average Bonchev–Trinajstić information content (AvgIpc) is 2.34. The van der Waals surface area contributed by atoms with Gasteiger partial charge in [0.2, 0.25) is 17.8 Å². The van der Waals surface area contributed by atoms with E-state index in [1.54, 1.807) is 11.3 Å². The molecule has 0 fully saturated rings. The van der Waals surface area contributed by atoms with Gasteiger partial charge in [-0.2, -0.15) is 4.57 Å². The maximum atomic E-state index is 11.8. The Hall–Kier alpha value is -0.700. The van der Waals surface area contributed by atoms with Crippen LogP contribution in [0.2, 0.25) is 0 Å². The van der Waals surface area contributed by atoms with Crippen molar-refractivity contribution in [3.05, 3.63) is 16.1 Å². The fraction of sp³-hybridized carbons (Fsp3) is 0.636. The molecule has 0 radical (unpaired) electrons. The monoisotopic (exact) mass is 212 g/mol. The van der Waals surface area contributed by atoms with Gasteiger partial charge in [0.15, 0.2) is 5.69 Å². The molecule has 3 heteroatoms. The van der Waals surface area contributed by atoms with Gasteiger partial charge in [-0.05, 0) is 6.92 Å². The molecular weight excluding hydrogens is 194 g/mol. The first kappa shape index (κ1) is 11.4. The Labute approximate surface area is 89.6 Å². The zero-order valence-corrected chi connectivity index (χ0v) is 10.4. The van der Waals surface area contributed by atoms with Crippen molar-refractivity contribution in [3.8, 4) is 0 Å². The average molecular weight is 212 g/mol. The summed E-state index contributed by atoms with van der Waals surface area (Å²) in [5, 5.41) is 0. The third kappa shape index (κ3) is 2.41. The van der Waals surface area contributed by atoms with Crippen LogP contribution in [0.3, 0.4) is 0 Å². The summed E-state index contributed by atoms with van der Waals surface area (Å²) in [6.45, 7) is 10.5. The zero-order valence-electron chi connectivity index (χ0n) is 9.55. The van der Waals surface area contributed by atoms with Gasteiger partial charge in [-0.3, -0.25) is 4.79 Å². The van der Waals surface area contributed by atoms with E-state index in [9.17, 15) is 4.79 Å². The van der Waals surface area contributed by atoms with Crippen molar-refractivity contribution >= 4 is 17.1 Å². The topological polar surface area (TPSA) is 20.9 Å². The standard InChI is InChI=1S/C11H18NOS/c1-8-9(2)14-7-12(8)6-10(13)11(3,4)5/h7H,6H2,1-5H3/q+1. The van der Waals surface area contributed by atoms with Gasteiger partial charge in [0, 0.05) is 12.3 Å². The van der Waals surface area contributed by atoms with Crippen LogP contribution in [-0.4, -0.2) is 5.78 Å². The van der Waals surface area contributed by atoms with E-state index in [0.29, 0.717) is 6.54 Å². The summed E-state index contributed by atoms with van der Waals surface area (Å²) in [5.41, 5.74) is 2.98. The second-order valence-corrected chi connectivity index (χ2v) is 5.72. The number of hydrogen-bond acceptors (Lipinski definition) is 2. The largest absolute Gasteiger partial charge is 0.292 e. The molecular formula is C11H18NOS+. The van der Waals surface area contributed by atoms with Crippen LogP contribution in [0.15, 0.2) is 5.51 Å². The molecule has 1 aromatic heterocycles. The summed E-state index contributed by atoms with van der Waals surface area (Å²) in [5.74, 6) is 0.281. The number of thiazole rings is 1. The molecule has 0 spiro atoms. The summed E-state index contributed by atoms with van der Waals surface area (Å²) in [4.78, 5) is 13.1. The molecule has 0 aliphatic heterocycles. The van der Waals surface area contributed by atoms with Gasteiger partial charge in [-0.1, -0.05) is 32.1 Å². The Morgan fingerprint density at radius 2 is 2.00 bits per heavy atom. The van der Waals surface area contributed by atoms with E-state index >= 15 is 0 Å². The summed E-state index contributed by atoms with van der Waals surface area (Å²) in [6, 6.07) is 0. The van der Waals surface area contributed by atoms with Crippen LogP contribution < -0.4 is 4.57 Å². The Kier molecular flexibility index (Phi) is 3.10. The predicted octanol–water partition coefficient (Wildman–Crippen LogP) is 2.27. The number of aryl methyl sites for hydroxylation is 1. The van der Waals surface area contributed by atoms with Crippen LogP contribution in [0.25, 0.3) is 0 Å². The predicted molar refractivity (Wildman–Crippen MR) is 58.5 cm³/mol. The van der Waals surface area contributed by atoms with Crippen LogP contribution >= 0.6 is 11.3 Å². The molecule has 1 aromatic rings. The van der Waals surface area contributed by atoms with Gasteiger partial charge in [0.05, 0.1) is 4.88 Å². The second kappa shape index (κ2) is 3.81. The van der Waals surface area contributed by atoms with Gasteiger partial charge in [-0.25, -0.2) is 0 Å². The highest BCUT2D eigenvalue weighted by Crippen LogP contribution is 2.15. The minimum Gasteiger partial charge on any atom is -0.292 e. The van der Waals surface area contributed by atoms with Gasteiger partial charge in [-0.15, -0.1) is 0 Å². The molecule has 14 heavy (non-hydrogen) atoms. The van der Waals surface area contributed by atoms with Crippen molar-refractivity contribution in [2.24, 2.45) is 5.41 Å². The van der Waals surface area contributed by atoms with Crippen molar-refractivity contribution in [1.82, 2.24) is 0 Å². The molecule has 0 unspecified atom stereocenters. The quantitative estimate of drug-likeness (QED) is 0.689. The van der Waals surface area contributed by atoms with Crippen LogP contribution in [0, 0.1) is 19.3 Å². The molecule has 0 bridgehead atoms. The van der Waals surface area contributed by atoms with Crippen LogP contribution in [0.5, 0.6) is 0 Å². The van der Waals surface area contributed by atoms with Crippen molar-refractivity contribution in [2.45, 2.75) is 41.2 Å². The molecule has 78 valence electrons. The fourth-order valence-electron chi connectivity index (χ4n) is 1.06. The van der Waals surface area contributed by atoms with E-state index in [4.69, 9.17) is 0 Å². The van der Waals surface area contributed by atoms with Crippen molar-refractivity contribution in [2.75, 3.05) is 0 Å². The van der Waals surface area contributed by atoms with Gasteiger partial charge in [0.25, 0.3) is 0 Å². The molecule has 0 aromatic carbocycles. The number of hydrogen-bond donors (Lipinski definition) is 0. The number of nitrogens with zero attached hydrogens (tertiary/aromatic N) is 1. The number of Topliss-reactive ketones (excluding diaryl/α,β-unsaturated/α-hetero) is 1. The van der Waals surface area contributed by atoms with Crippen LogP contribution in [-0.2, 0) is 11.3 Å². The smallest absolute Gasteiger partial charge is 0.225 e. The Morgan fingerprint density at radius 3 is 2.36 bits per heavy atom. The minimum atomic E-state index is -0.241. The van der Waals surface area contributed by atoms with E-state index in [2.05, 4.69) is 13.8 Å². The van der Waals surface area contributed by atoms with Crippen molar-refractivity contribution < 1.29 is 9.36 Å². The zero-order chi connectivity index (χ0) is 10.9. The number of aromatic nitrogens is 1. The third-order valence-corrected chi connectivity index (χ3v) is 3.46. The normalized spacial score (nSPS) is 11.8. The van der Waals surface area contributed by atoms with Crippen molar-refractivity contribution in [3.63, 3.8) is 0 Å². The minimum absolute atomic E-state index is 0.241. The van der Waals surface area contributed by atoms with E-state index in [-0.39, 0.29) is 11.2 Å². The fourth-order valence-corrected chi connectivity index (χ4v) is 1.86. The molecule has 0 saturated carbocycles. The number of carbonyl (C=O) groups excluding carboxylic acids is 1. The Bertz CT molecular complexity index is 347. The molecule has 2 nitrogen and oxygen atoms in total. The first-order chi connectivity index (χ1) is 6.32. The lowest BCUT2D eigenvalue weighted by molar-refractivity contribution is -0.686. The maximum Gasteiger partial charge on any atom is 0.225 e. The molecule has 0 amide bonds. The summed E-state index contributed by atoms with van der Waals surface area (Å²) < 4.78 is 2.04. The lowest BCUT2D eigenvalue weighted by Gasteiger charge is -2.13. The highest BCUT2D eigenvalue weighted by Gasteiger charge is 2.26. The van der Waals surface area contributed by atoms with Gasteiger partial charge >= 0.3 is 0 Å². The van der Waals surface area contributed by atoms with E-state index < -0.39 is 0 Å². The first-order valence-electron chi connectivity index (χ1n) is 4.80. The lowest BCUT2D eigenvalue weighted by atomic mass is 9.91.